The van der Waals surface area contributed by atoms with Crippen LogP contribution in [0.1, 0.15) is 34.3 Å². The summed E-state index contributed by atoms with van der Waals surface area (Å²) < 4.78 is 1.94. The molecule has 0 aliphatic heterocycles. The summed E-state index contributed by atoms with van der Waals surface area (Å²) in [6, 6.07) is 8.21. The molecule has 1 heterocycles. The number of carbonyl (C=O) groups is 1. The number of nitrogens with one attached hydrogen (secondary N) is 2. The zero-order chi connectivity index (χ0) is 15.4. The lowest BCUT2D eigenvalue weighted by Gasteiger charge is -2.07. The van der Waals surface area contributed by atoms with Crippen molar-refractivity contribution in [3.05, 3.63) is 53.3 Å². The van der Waals surface area contributed by atoms with Gasteiger partial charge >= 0.3 is 0 Å². The molecule has 0 saturated heterocycles. The third-order valence-electron chi connectivity index (χ3n) is 3.74. The predicted octanol–water partition coefficient (Wildman–Crippen LogP) is 1.87. The maximum Gasteiger partial charge on any atom is 0.251 e. The molecule has 0 spiro atoms. The lowest BCUT2D eigenvalue weighted by molar-refractivity contribution is 0.0951. The highest BCUT2D eigenvalue weighted by molar-refractivity contribution is 5.94. The summed E-state index contributed by atoms with van der Waals surface area (Å²) in [5.41, 5.74) is 3.10. The summed E-state index contributed by atoms with van der Waals surface area (Å²) in [5.74, 6) is 0.0380. The molecule has 0 atom stereocenters. The number of carbonyl (C=O) groups excluding carboxylic acids is 1. The van der Waals surface area contributed by atoms with Gasteiger partial charge in [-0.2, -0.15) is 5.10 Å². The number of aromatic nitrogens is 2. The standard InChI is InChI=1S/C17H22N4O/c1-13-10-19-21(12-13)9-8-18-11-14-2-4-15(5-3-14)17(22)20-16-6-7-16/h2-5,10,12,16,18H,6-9,11H2,1H3,(H,20,22). The quantitative estimate of drug-likeness (QED) is 0.767. The molecular formula is C17H22N4O. The molecule has 1 aliphatic rings. The van der Waals surface area contributed by atoms with E-state index in [0.29, 0.717) is 6.04 Å². The van der Waals surface area contributed by atoms with Crippen molar-refractivity contribution in [1.82, 2.24) is 20.4 Å². The van der Waals surface area contributed by atoms with Crippen molar-refractivity contribution in [1.29, 1.82) is 0 Å². The van der Waals surface area contributed by atoms with Crippen molar-refractivity contribution in [2.45, 2.75) is 38.9 Å². The molecule has 22 heavy (non-hydrogen) atoms. The summed E-state index contributed by atoms with van der Waals surface area (Å²) >= 11 is 0. The van der Waals surface area contributed by atoms with Gasteiger partial charge in [-0.3, -0.25) is 9.48 Å². The Balaban J connectivity index is 1.41. The average molecular weight is 298 g/mol. The summed E-state index contributed by atoms with van der Waals surface area (Å²) in [7, 11) is 0. The second-order valence-corrected chi connectivity index (χ2v) is 5.90. The van der Waals surface area contributed by atoms with Crippen LogP contribution in [0.25, 0.3) is 0 Å². The number of rotatable bonds is 7. The van der Waals surface area contributed by atoms with Crippen molar-refractivity contribution in [3.63, 3.8) is 0 Å². The Morgan fingerprint density at radius 3 is 2.73 bits per heavy atom. The minimum atomic E-state index is 0.0380. The molecule has 5 heteroatoms. The van der Waals surface area contributed by atoms with E-state index in [4.69, 9.17) is 0 Å². The topological polar surface area (TPSA) is 59.0 Å². The maximum absolute atomic E-state index is 11.9. The second kappa shape index (κ2) is 6.75. The Labute approximate surface area is 130 Å². The van der Waals surface area contributed by atoms with Gasteiger partial charge in [0.2, 0.25) is 0 Å². The number of aryl methyl sites for hydroxylation is 1. The van der Waals surface area contributed by atoms with Crippen molar-refractivity contribution in [2.24, 2.45) is 0 Å². The third-order valence-corrected chi connectivity index (χ3v) is 3.74. The van der Waals surface area contributed by atoms with Crippen LogP contribution in [0.2, 0.25) is 0 Å². The molecule has 2 N–H and O–H groups in total. The smallest absolute Gasteiger partial charge is 0.251 e. The number of amides is 1. The first-order chi connectivity index (χ1) is 10.7. The van der Waals surface area contributed by atoms with Gasteiger partial charge in [-0.05, 0) is 43.0 Å². The van der Waals surface area contributed by atoms with Crippen molar-refractivity contribution < 1.29 is 4.79 Å². The van der Waals surface area contributed by atoms with Crippen LogP contribution in [0.4, 0.5) is 0 Å². The van der Waals surface area contributed by atoms with Gasteiger partial charge in [0.1, 0.15) is 0 Å². The zero-order valence-corrected chi connectivity index (χ0v) is 12.9. The van der Waals surface area contributed by atoms with E-state index in [2.05, 4.69) is 15.7 Å². The molecule has 0 bridgehead atoms. The van der Waals surface area contributed by atoms with Crippen LogP contribution in [0, 0.1) is 6.92 Å². The van der Waals surface area contributed by atoms with E-state index >= 15 is 0 Å². The predicted molar refractivity (Wildman–Crippen MR) is 85.6 cm³/mol. The summed E-state index contributed by atoms with van der Waals surface area (Å²) in [6.45, 7) is 4.56. The molecule has 1 amide bonds. The van der Waals surface area contributed by atoms with Crippen LogP contribution in [0.5, 0.6) is 0 Å². The van der Waals surface area contributed by atoms with Gasteiger partial charge in [0.05, 0.1) is 12.7 Å². The average Bonchev–Trinajstić information content (AvgIpc) is 3.24. The maximum atomic E-state index is 11.9. The van der Waals surface area contributed by atoms with Crippen LogP contribution in [-0.4, -0.2) is 28.3 Å². The lowest BCUT2D eigenvalue weighted by atomic mass is 10.1. The fourth-order valence-electron chi connectivity index (χ4n) is 2.29. The van der Waals surface area contributed by atoms with E-state index in [-0.39, 0.29) is 5.91 Å². The van der Waals surface area contributed by atoms with Crippen LogP contribution < -0.4 is 10.6 Å². The lowest BCUT2D eigenvalue weighted by Crippen LogP contribution is -2.25. The molecule has 5 nitrogen and oxygen atoms in total. The molecule has 0 unspecified atom stereocenters. The Morgan fingerprint density at radius 1 is 1.32 bits per heavy atom. The van der Waals surface area contributed by atoms with Gasteiger partial charge in [-0.1, -0.05) is 12.1 Å². The molecule has 2 aromatic rings. The zero-order valence-electron chi connectivity index (χ0n) is 12.9. The number of hydrogen-bond acceptors (Lipinski definition) is 3. The largest absolute Gasteiger partial charge is 0.349 e. The molecule has 1 aromatic heterocycles. The number of benzene rings is 1. The summed E-state index contributed by atoms with van der Waals surface area (Å²) in [6.07, 6.45) is 6.13. The minimum Gasteiger partial charge on any atom is -0.349 e. The molecule has 1 saturated carbocycles. The highest BCUT2D eigenvalue weighted by Crippen LogP contribution is 2.19. The van der Waals surface area contributed by atoms with E-state index in [1.54, 1.807) is 0 Å². The fourth-order valence-corrected chi connectivity index (χ4v) is 2.29. The van der Waals surface area contributed by atoms with E-state index in [9.17, 15) is 4.79 Å². The number of hydrogen-bond donors (Lipinski definition) is 2. The van der Waals surface area contributed by atoms with Crippen molar-refractivity contribution >= 4 is 5.91 Å². The van der Waals surface area contributed by atoms with Gasteiger partial charge in [-0.15, -0.1) is 0 Å². The van der Waals surface area contributed by atoms with Crippen LogP contribution >= 0.6 is 0 Å². The molecule has 1 fully saturated rings. The highest BCUT2D eigenvalue weighted by atomic mass is 16.1. The Hall–Kier alpha value is -2.14. The molecule has 3 rings (SSSR count). The third kappa shape index (κ3) is 4.18. The first kappa shape index (κ1) is 14.8. The first-order valence-corrected chi connectivity index (χ1v) is 7.80. The van der Waals surface area contributed by atoms with E-state index in [1.165, 1.54) is 11.1 Å². The van der Waals surface area contributed by atoms with Crippen molar-refractivity contribution in [2.75, 3.05) is 6.54 Å². The number of nitrogens with zero attached hydrogens (tertiary/aromatic N) is 2. The summed E-state index contributed by atoms with van der Waals surface area (Å²) in [4.78, 5) is 11.9. The van der Waals surface area contributed by atoms with Crippen LogP contribution in [0.3, 0.4) is 0 Å². The molecule has 116 valence electrons. The Kier molecular flexibility index (Phi) is 4.53. The van der Waals surface area contributed by atoms with E-state index in [1.807, 2.05) is 48.3 Å². The fraction of sp³-hybridized carbons (Fsp3) is 0.412. The van der Waals surface area contributed by atoms with Gasteiger partial charge in [0.15, 0.2) is 0 Å². The van der Waals surface area contributed by atoms with Gasteiger partial charge in [0, 0.05) is 30.9 Å². The van der Waals surface area contributed by atoms with Gasteiger partial charge in [0.25, 0.3) is 5.91 Å². The molecule has 0 radical (unpaired) electrons. The molecule has 1 aromatic carbocycles. The Morgan fingerprint density at radius 2 is 2.09 bits per heavy atom. The first-order valence-electron chi connectivity index (χ1n) is 7.80. The second-order valence-electron chi connectivity index (χ2n) is 5.90. The minimum absolute atomic E-state index is 0.0380. The summed E-state index contributed by atoms with van der Waals surface area (Å²) in [5, 5.41) is 10.6. The molecule has 1 aliphatic carbocycles. The van der Waals surface area contributed by atoms with E-state index < -0.39 is 0 Å². The monoisotopic (exact) mass is 298 g/mol. The van der Waals surface area contributed by atoms with E-state index in [0.717, 1.165) is 38.0 Å². The normalized spacial score (nSPS) is 14.0. The SMILES string of the molecule is Cc1cnn(CCNCc2ccc(C(=O)NC3CC3)cc2)c1. The van der Waals surface area contributed by atoms with Gasteiger partial charge < -0.3 is 10.6 Å². The Bertz CT molecular complexity index is 628. The van der Waals surface area contributed by atoms with Crippen LogP contribution in [-0.2, 0) is 13.1 Å². The van der Waals surface area contributed by atoms with Crippen molar-refractivity contribution in [3.8, 4) is 0 Å². The van der Waals surface area contributed by atoms with Gasteiger partial charge in [-0.25, -0.2) is 0 Å². The molecular weight excluding hydrogens is 276 g/mol. The van der Waals surface area contributed by atoms with Crippen LogP contribution in [0.15, 0.2) is 36.7 Å². The highest BCUT2D eigenvalue weighted by Gasteiger charge is 2.23.